The normalized spacial score (nSPS) is 10.1. The van der Waals surface area contributed by atoms with Crippen LogP contribution in [0.15, 0.2) is 24.5 Å². The summed E-state index contributed by atoms with van der Waals surface area (Å²) in [5.74, 6) is 0.553. The molecule has 2 aromatic rings. The van der Waals surface area contributed by atoms with Crippen molar-refractivity contribution in [3.63, 3.8) is 0 Å². The highest BCUT2D eigenvalue weighted by molar-refractivity contribution is 5.75. The molecule has 0 radical (unpaired) electrons. The van der Waals surface area contributed by atoms with Crippen molar-refractivity contribution in [2.75, 3.05) is 0 Å². The molecule has 0 aromatic carbocycles. The van der Waals surface area contributed by atoms with E-state index in [1.54, 1.807) is 0 Å². The van der Waals surface area contributed by atoms with E-state index < -0.39 is 0 Å². The molecule has 0 amide bonds. The van der Waals surface area contributed by atoms with Gasteiger partial charge in [0.05, 0.1) is 0 Å². The highest BCUT2D eigenvalue weighted by Crippen LogP contribution is 2.17. The summed E-state index contributed by atoms with van der Waals surface area (Å²) in [6.45, 7) is 8.35. The lowest BCUT2D eigenvalue weighted by Crippen LogP contribution is -1.88. The van der Waals surface area contributed by atoms with Crippen LogP contribution < -0.4 is 0 Å². The van der Waals surface area contributed by atoms with E-state index in [2.05, 4.69) is 29.9 Å². The second-order valence-electron chi connectivity index (χ2n) is 3.34. The average molecular weight is 192 g/mol. The van der Waals surface area contributed by atoms with Gasteiger partial charge < -0.3 is 4.98 Å². The number of aromatic amines is 1. The number of aromatic nitrogens is 2. The fraction of sp³-hybridized carbons (Fsp3) is 0.417. The first-order chi connectivity index (χ1) is 6.77. The van der Waals surface area contributed by atoms with Crippen molar-refractivity contribution in [2.45, 2.75) is 33.6 Å². The fourth-order valence-electron chi connectivity index (χ4n) is 1.27. The van der Waals surface area contributed by atoms with Crippen molar-refractivity contribution in [3.05, 3.63) is 30.1 Å². The second-order valence-corrected chi connectivity index (χ2v) is 3.34. The Bertz CT molecular complexity index is 393. The Morgan fingerprint density at radius 1 is 1.36 bits per heavy atom. The lowest BCUT2D eigenvalue weighted by atomic mass is 10.1. The van der Waals surface area contributed by atoms with Crippen molar-refractivity contribution in [2.24, 2.45) is 0 Å². The van der Waals surface area contributed by atoms with Gasteiger partial charge in [-0.05, 0) is 23.6 Å². The van der Waals surface area contributed by atoms with Gasteiger partial charge >= 0.3 is 0 Å². The van der Waals surface area contributed by atoms with Crippen molar-refractivity contribution in [3.8, 4) is 0 Å². The molecule has 0 unspecified atom stereocenters. The zero-order chi connectivity index (χ0) is 10.6. The van der Waals surface area contributed by atoms with Gasteiger partial charge in [0.15, 0.2) is 0 Å². The van der Waals surface area contributed by atoms with Gasteiger partial charge in [-0.1, -0.05) is 27.7 Å². The summed E-state index contributed by atoms with van der Waals surface area (Å²) in [5.41, 5.74) is 2.27. The van der Waals surface area contributed by atoms with Crippen LogP contribution in [-0.4, -0.2) is 9.97 Å². The molecule has 2 heteroatoms. The van der Waals surface area contributed by atoms with Crippen molar-refractivity contribution >= 4 is 11.0 Å². The average Bonchev–Trinajstić information content (AvgIpc) is 2.67. The molecule has 0 bridgehead atoms. The third-order valence-electron chi connectivity index (χ3n) is 2.09. The first-order valence-electron chi connectivity index (χ1n) is 5.20. The zero-order valence-electron chi connectivity index (χ0n) is 9.33. The monoisotopic (exact) mass is 192 g/mol. The molecule has 0 spiro atoms. The van der Waals surface area contributed by atoms with Gasteiger partial charge in [-0.2, -0.15) is 0 Å². The molecule has 2 heterocycles. The molecule has 1 N–H and O–H groups in total. The number of hydrogen-bond donors (Lipinski definition) is 1. The summed E-state index contributed by atoms with van der Waals surface area (Å²) in [6.07, 6.45) is 3.85. The van der Waals surface area contributed by atoms with E-state index >= 15 is 0 Å². The molecule has 0 aliphatic heterocycles. The van der Waals surface area contributed by atoms with Gasteiger partial charge in [-0.3, -0.25) is 0 Å². The van der Waals surface area contributed by atoms with E-state index in [4.69, 9.17) is 0 Å². The van der Waals surface area contributed by atoms with Crippen LogP contribution in [0.5, 0.6) is 0 Å². The summed E-state index contributed by atoms with van der Waals surface area (Å²) in [6, 6.07) is 4.23. The number of nitrogens with one attached hydrogen (secondary N) is 1. The van der Waals surface area contributed by atoms with E-state index in [-0.39, 0.29) is 1.43 Å². The van der Waals surface area contributed by atoms with E-state index in [1.165, 1.54) is 10.9 Å². The molecule has 2 aromatic heterocycles. The lowest BCUT2D eigenvalue weighted by Gasteiger charge is -2.03. The summed E-state index contributed by atoms with van der Waals surface area (Å²) in [4.78, 5) is 7.38. The number of H-pyrrole nitrogens is 1. The van der Waals surface area contributed by atoms with Crippen LogP contribution in [0.25, 0.3) is 11.0 Å². The topological polar surface area (TPSA) is 28.7 Å². The van der Waals surface area contributed by atoms with Crippen LogP contribution in [0.2, 0.25) is 0 Å². The van der Waals surface area contributed by atoms with Gasteiger partial charge in [-0.15, -0.1) is 0 Å². The maximum Gasteiger partial charge on any atom is 0.137 e. The smallest absolute Gasteiger partial charge is 0.137 e. The summed E-state index contributed by atoms with van der Waals surface area (Å²) in [5, 5.41) is 1.20. The van der Waals surface area contributed by atoms with Crippen LogP contribution in [0, 0.1) is 0 Å². The van der Waals surface area contributed by atoms with Crippen molar-refractivity contribution in [1.82, 2.24) is 9.97 Å². The molecule has 0 saturated heterocycles. The summed E-state index contributed by atoms with van der Waals surface area (Å²) < 4.78 is 0. The molecule has 78 valence electrons. The van der Waals surface area contributed by atoms with E-state index in [0.717, 1.165) is 5.65 Å². The molecule has 0 fully saturated rings. The van der Waals surface area contributed by atoms with Crippen LogP contribution in [0.4, 0.5) is 0 Å². The van der Waals surface area contributed by atoms with Crippen LogP contribution in [0.3, 0.4) is 0 Å². The molecule has 2 rings (SSSR count). The maximum absolute atomic E-state index is 4.31. The predicted molar refractivity (Wildman–Crippen MR) is 63.6 cm³/mol. The lowest BCUT2D eigenvalue weighted by molar-refractivity contribution is 0.862. The zero-order valence-corrected chi connectivity index (χ0v) is 9.33. The third kappa shape index (κ3) is 2.13. The number of nitrogens with zero attached hydrogens (tertiary/aromatic N) is 1. The van der Waals surface area contributed by atoms with Crippen LogP contribution in [-0.2, 0) is 0 Å². The van der Waals surface area contributed by atoms with Gasteiger partial charge in [0.2, 0.25) is 0 Å². The van der Waals surface area contributed by atoms with E-state index in [9.17, 15) is 0 Å². The third-order valence-corrected chi connectivity index (χ3v) is 2.09. The number of rotatable bonds is 1. The first kappa shape index (κ1) is 10.8. The molecular weight excluding hydrogens is 172 g/mol. The predicted octanol–water partition coefficient (Wildman–Crippen LogP) is 3.96. The van der Waals surface area contributed by atoms with E-state index in [0.29, 0.717) is 5.92 Å². The number of hydrogen-bond acceptors (Lipinski definition) is 1. The Hall–Kier alpha value is -1.31. The second kappa shape index (κ2) is 4.80. The SMILES string of the molecule is CC.CC(C)c1cnc2[nH]ccc2c1.[HH]. The van der Waals surface area contributed by atoms with Gasteiger partial charge in [0.1, 0.15) is 5.65 Å². The summed E-state index contributed by atoms with van der Waals surface area (Å²) in [7, 11) is 0. The van der Waals surface area contributed by atoms with Crippen molar-refractivity contribution < 1.29 is 1.43 Å². The van der Waals surface area contributed by atoms with Crippen LogP contribution in [0.1, 0.15) is 40.6 Å². The highest BCUT2D eigenvalue weighted by Gasteiger charge is 2.01. The maximum atomic E-state index is 4.31. The molecule has 0 aliphatic rings. The van der Waals surface area contributed by atoms with E-state index in [1.807, 2.05) is 32.3 Å². The molecule has 0 aliphatic carbocycles. The Labute approximate surface area is 86.9 Å². The minimum Gasteiger partial charge on any atom is -0.346 e. The molecule has 0 saturated carbocycles. The minimum atomic E-state index is 0. The van der Waals surface area contributed by atoms with Gasteiger partial charge in [0, 0.05) is 19.2 Å². The Morgan fingerprint density at radius 2 is 2.07 bits per heavy atom. The molecular formula is C12H20N2. The summed E-state index contributed by atoms with van der Waals surface area (Å²) >= 11 is 0. The molecule has 0 atom stereocenters. The fourth-order valence-corrected chi connectivity index (χ4v) is 1.27. The number of fused-ring (bicyclic) bond motifs is 1. The number of pyridine rings is 1. The highest BCUT2D eigenvalue weighted by atomic mass is 14.8. The van der Waals surface area contributed by atoms with Crippen molar-refractivity contribution in [1.29, 1.82) is 0 Å². The van der Waals surface area contributed by atoms with Gasteiger partial charge in [-0.25, -0.2) is 4.98 Å². The Morgan fingerprint density at radius 3 is 2.71 bits per heavy atom. The molecule has 2 nitrogen and oxygen atoms in total. The quantitative estimate of drug-likeness (QED) is 0.728. The largest absolute Gasteiger partial charge is 0.346 e. The minimum absolute atomic E-state index is 0. The Balaban J connectivity index is 0.000000617. The Kier molecular flexibility index (Phi) is 3.69. The molecule has 14 heavy (non-hydrogen) atoms. The first-order valence-corrected chi connectivity index (χ1v) is 5.20. The standard InChI is InChI=1S/C10H12N2.C2H6.H2/c1-7(2)9-5-8-3-4-11-10(8)12-6-9;1-2;/h3-7H,1-2H3,(H,11,12);1-2H3;1H. The van der Waals surface area contributed by atoms with Crippen LogP contribution >= 0.6 is 0 Å². The van der Waals surface area contributed by atoms with Gasteiger partial charge in [0.25, 0.3) is 0 Å².